The van der Waals surface area contributed by atoms with Crippen LogP contribution in [-0.2, 0) is 7.05 Å². The van der Waals surface area contributed by atoms with E-state index in [0.717, 1.165) is 0 Å². The van der Waals surface area contributed by atoms with Crippen LogP contribution in [0.5, 0.6) is 5.75 Å². The van der Waals surface area contributed by atoms with E-state index in [1.165, 1.54) is 41.9 Å². The molecule has 1 heterocycles. The van der Waals surface area contributed by atoms with Gasteiger partial charge < -0.3 is 9.67 Å². The Morgan fingerprint density at radius 1 is 1.30 bits per heavy atom. The summed E-state index contributed by atoms with van der Waals surface area (Å²) in [5.74, 6) is -0.517. The van der Waals surface area contributed by atoms with E-state index in [1.807, 2.05) is 6.07 Å². The van der Waals surface area contributed by atoms with Gasteiger partial charge in [0.05, 0.1) is 4.47 Å². The van der Waals surface area contributed by atoms with E-state index in [-0.39, 0.29) is 17.0 Å². The molecule has 0 radical (unpaired) electrons. The number of nitrogens with zero attached hydrogens (tertiary/aromatic N) is 2. The minimum Gasteiger partial charge on any atom is -0.507 e. The van der Waals surface area contributed by atoms with Crippen LogP contribution in [-0.4, -0.2) is 9.67 Å². The van der Waals surface area contributed by atoms with Gasteiger partial charge in [-0.1, -0.05) is 12.1 Å². The van der Waals surface area contributed by atoms with Gasteiger partial charge in [0, 0.05) is 23.4 Å². The van der Waals surface area contributed by atoms with Crippen LogP contribution in [0.3, 0.4) is 0 Å². The van der Waals surface area contributed by atoms with Gasteiger partial charge in [0.1, 0.15) is 23.3 Å². The molecule has 0 atom stereocenters. The van der Waals surface area contributed by atoms with Crippen molar-refractivity contribution in [3.63, 3.8) is 0 Å². The van der Waals surface area contributed by atoms with Gasteiger partial charge in [0.2, 0.25) is 0 Å². The number of aromatic nitrogens is 1. The maximum atomic E-state index is 13.6. The summed E-state index contributed by atoms with van der Waals surface area (Å²) in [7, 11) is 1.49. The largest absolute Gasteiger partial charge is 0.507 e. The summed E-state index contributed by atoms with van der Waals surface area (Å²) in [5.41, 5.74) is 0.581. The number of phenols is 1. The van der Waals surface area contributed by atoms with Gasteiger partial charge in [-0.25, -0.2) is 4.39 Å². The van der Waals surface area contributed by atoms with Crippen molar-refractivity contribution in [2.45, 2.75) is 0 Å². The number of rotatable bonds is 1. The number of hydrogen-bond donors (Lipinski definition) is 1. The summed E-state index contributed by atoms with van der Waals surface area (Å²) in [5, 5.41) is 20.2. The molecule has 1 N–H and O–H groups in total. The van der Waals surface area contributed by atoms with Crippen molar-refractivity contribution in [3.8, 4) is 22.9 Å². The molecular weight excluding hydrogens is 363 g/mol. The predicted octanol–water partition coefficient (Wildman–Crippen LogP) is 3.68. The minimum absolute atomic E-state index is 0.0627. The summed E-state index contributed by atoms with van der Waals surface area (Å²) < 4.78 is 15.2. The first-order chi connectivity index (χ1) is 11.0. The SMILES string of the molecule is Cn1c(C#N)c(-c2cccc(F)c2)c2c(Br)c(O)ccc2c1=O. The molecule has 4 nitrogen and oxygen atoms in total. The lowest BCUT2D eigenvalue weighted by atomic mass is 9.97. The number of hydrogen-bond acceptors (Lipinski definition) is 3. The first-order valence-electron chi connectivity index (χ1n) is 6.66. The maximum absolute atomic E-state index is 13.6. The Bertz CT molecular complexity index is 1050. The molecule has 3 rings (SSSR count). The topological polar surface area (TPSA) is 66.0 Å². The average Bonchev–Trinajstić information content (AvgIpc) is 2.53. The van der Waals surface area contributed by atoms with Gasteiger partial charge in [-0.05, 0) is 45.8 Å². The zero-order valence-electron chi connectivity index (χ0n) is 12.0. The molecule has 1 aromatic heterocycles. The van der Waals surface area contributed by atoms with Gasteiger partial charge >= 0.3 is 0 Å². The minimum atomic E-state index is -0.454. The molecule has 0 aliphatic rings. The van der Waals surface area contributed by atoms with Crippen molar-refractivity contribution in [2.75, 3.05) is 0 Å². The van der Waals surface area contributed by atoms with Crippen LogP contribution >= 0.6 is 15.9 Å². The molecule has 114 valence electrons. The number of benzene rings is 2. The Labute approximate surface area is 139 Å². The standard InChI is InChI=1S/C17H10BrFN2O2/c1-21-12(8-20)14(9-3-2-4-10(19)7-9)15-11(17(21)23)5-6-13(22)16(15)18/h2-7,22H,1H3. The summed E-state index contributed by atoms with van der Waals surface area (Å²) in [6.07, 6.45) is 0. The lowest BCUT2D eigenvalue weighted by molar-refractivity contribution is 0.473. The van der Waals surface area contributed by atoms with Crippen molar-refractivity contribution in [2.24, 2.45) is 7.05 Å². The number of nitriles is 1. The molecule has 0 saturated heterocycles. The third-order valence-corrected chi connectivity index (χ3v) is 4.50. The Morgan fingerprint density at radius 3 is 2.70 bits per heavy atom. The van der Waals surface area contributed by atoms with Crippen LogP contribution in [0.25, 0.3) is 21.9 Å². The Kier molecular flexibility index (Phi) is 3.66. The van der Waals surface area contributed by atoms with Crippen LogP contribution < -0.4 is 5.56 Å². The second kappa shape index (κ2) is 5.52. The van der Waals surface area contributed by atoms with Gasteiger partial charge in [0.15, 0.2) is 0 Å². The summed E-state index contributed by atoms with van der Waals surface area (Å²) in [4.78, 5) is 12.5. The van der Waals surface area contributed by atoms with E-state index in [4.69, 9.17) is 0 Å². The number of phenolic OH excluding ortho intramolecular Hbond substituents is 1. The second-order valence-corrected chi connectivity index (χ2v) is 5.82. The number of halogens is 2. The molecule has 0 aliphatic heterocycles. The van der Waals surface area contributed by atoms with Crippen molar-refractivity contribution >= 4 is 26.7 Å². The number of aromatic hydroxyl groups is 1. The van der Waals surface area contributed by atoms with E-state index in [2.05, 4.69) is 15.9 Å². The molecular formula is C17H10BrFN2O2. The Morgan fingerprint density at radius 2 is 2.04 bits per heavy atom. The highest BCUT2D eigenvalue weighted by Crippen LogP contribution is 2.39. The van der Waals surface area contributed by atoms with E-state index >= 15 is 0 Å². The molecule has 0 bridgehead atoms. The van der Waals surface area contributed by atoms with E-state index < -0.39 is 5.82 Å². The third kappa shape index (κ3) is 2.30. The predicted molar refractivity (Wildman–Crippen MR) is 88.7 cm³/mol. The number of pyridine rings is 1. The van der Waals surface area contributed by atoms with Gasteiger partial charge in [-0.15, -0.1) is 0 Å². The number of fused-ring (bicyclic) bond motifs is 1. The lowest BCUT2D eigenvalue weighted by Gasteiger charge is -2.14. The van der Waals surface area contributed by atoms with Crippen molar-refractivity contribution in [1.82, 2.24) is 4.57 Å². The first-order valence-corrected chi connectivity index (χ1v) is 7.45. The monoisotopic (exact) mass is 372 g/mol. The normalized spacial score (nSPS) is 10.7. The molecule has 0 aliphatic carbocycles. The summed E-state index contributed by atoms with van der Waals surface area (Å²) in [6.45, 7) is 0. The third-order valence-electron chi connectivity index (χ3n) is 3.70. The van der Waals surface area contributed by atoms with Crippen LogP contribution in [0, 0.1) is 17.1 Å². The fraction of sp³-hybridized carbons (Fsp3) is 0.0588. The zero-order chi connectivity index (χ0) is 16.7. The summed E-state index contributed by atoms with van der Waals surface area (Å²) >= 11 is 3.27. The maximum Gasteiger partial charge on any atom is 0.259 e. The highest BCUT2D eigenvalue weighted by atomic mass is 79.9. The Balaban J connectivity index is 2.64. The van der Waals surface area contributed by atoms with E-state index in [9.17, 15) is 19.6 Å². The summed E-state index contributed by atoms with van der Waals surface area (Å²) in [6, 6.07) is 10.7. The van der Waals surface area contributed by atoms with Crippen LogP contribution in [0.15, 0.2) is 45.7 Å². The molecule has 3 aromatic rings. The molecule has 0 fully saturated rings. The van der Waals surface area contributed by atoms with Crippen LogP contribution in [0.4, 0.5) is 4.39 Å². The molecule has 0 spiro atoms. The lowest BCUT2D eigenvalue weighted by Crippen LogP contribution is -2.20. The smallest absolute Gasteiger partial charge is 0.259 e. The molecule has 0 saturated carbocycles. The Hall–Kier alpha value is -2.65. The molecule has 6 heteroatoms. The van der Waals surface area contributed by atoms with E-state index in [1.54, 1.807) is 6.07 Å². The second-order valence-electron chi connectivity index (χ2n) is 5.03. The highest BCUT2D eigenvalue weighted by molar-refractivity contribution is 9.10. The fourth-order valence-corrected chi connectivity index (χ4v) is 3.16. The zero-order valence-corrected chi connectivity index (χ0v) is 13.6. The first kappa shape index (κ1) is 15.3. The van der Waals surface area contributed by atoms with Crippen molar-refractivity contribution < 1.29 is 9.50 Å². The van der Waals surface area contributed by atoms with Crippen molar-refractivity contribution in [1.29, 1.82) is 5.26 Å². The van der Waals surface area contributed by atoms with Gasteiger partial charge in [0.25, 0.3) is 5.56 Å². The average molecular weight is 373 g/mol. The van der Waals surface area contributed by atoms with Crippen molar-refractivity contribution in [3.05, 3.63) is 62.7 Å². The van der Waals surface area contributed by atoms with Gasteiger partial charge in [-0.2, -0.15) is 5.26 Å². The van der Waals surface area contributed by atoms with Crippen LogP contribution in [0.2, 0.25) is 0 Å². The van der Waals surface area contributed by atoms with Crippen LogP contribution in [0.1, 0.15) is 5.69 Å². The van der Waals surface area contributed by atoms with E-state index in [0.29, 0.717) is 26.4 Å². The molecule has 2 aromatic carbocycles. The molecule has 0 amide bonds. The highest BCUT2D eigenvalue weighted by Gasteiger charge is 2.20. The van der Waals surface area contributed by atoms with Gasteiger partial charge in [-0.3, -0.25) is 4.79 Å². The molecule has 23 heavy (non-hydrogen) atoms. The molecule has 0 unspecified atom stereocenters. The quantitative estimate of drug-likeness (QED) is 0.708. The fourth-order valence-electron chi connectivity index (χ4n) is 2.61.